The number of benzene rings is 3. The van der Waals surface area contributed by atoms with Crippen LogP contribution in [-0.2, 0) is 0 Å². The molecule has 1 aliphatic rings. The molecule has 2 heterocycles. The van der Waals surface area contributed by atoms with Crippen LogP contribution in [-0.4, -0.2) is 27.8 Å². The molecule has 0 radical (unpaired) electrons. The van der Waals surface area contributed by atoms with Crippen molar-refractivity contribution in [2.24, 2.45) is 0 Å². The molecule has 0 saturated heterocycles. The average molecular weight is 512 g/mol. The summed E-state index contributed by atoms with van der Waals surface area (Å²) in [6.45, 7) is 0. The Morgan fingerprint density at radius 3 is 2.40 bits per heavy atom. The number of rotatable bonds is 5. The third-order valence-corrected chi connectivity index (χ3v) is 5.66. The van der Waals surface area contributed by atoms with Crippen LogP contribution in [0.2, 0.25) is 5.02 Å². The molecule has 0 fully saturated rings. The Balaban J connectivity index is 0.00000289. The fraction of sp³-hybridized carbons (Fsp3) is 0.0800. The zero-order valence-corrected chi connectivity index (χ0v) is 20.0. The summed E-state index contributed by atoms with van der Waals surface area (Å²) < 4.78 is 20.3. The molecule has 0 saturated carbocycles. The summed E-state index contributed by atoms with van der Waals surface area (Å²) in [4.78, 5) is 17.2. The Morgan fingerprint density at radius 1 is 1.06 bits per heavy atom. The second kappa shape index (κ2) is 10.2. The molecule has 1 aliphatic heterocycles. The van der Waals surface area contributed by atoms with E-state index in [1.54, 1.807) is 60.3 Å². The molecule has 1 aromatic heterocycles. The Hall–Kier alpha value is -3.88. The van der Waals surface area contributed by atoms with Crippen LogP contribution in [0.15, 0.2) is 78.9 Å². The van der Waals surface area contributed by atoms with E-state index in [1.165, 1.54) is 12.1 Å². The minimum atomic E-state index is -0.373. The predicted octanol–water partition coefficient (Wildman–Crippen LogP) is 5.81. The van der Waals surface area contributed by atoms with E-state index in [0.717, 1.165) is 16.8 Å². The number of halogens is 3. The Labute approximate surface area is 212 Å². The topological polar surface area (TPSA) is 81.1 Å². The van der Waals surface area contributed by atoms with Gasteiger partial charge in [-0.2, -0.15) is 4.98 Å². The van der Waals surface area contributed by atoms with Crippen molar-refractivity contribution in [3.63, 3.8) is 0 Å². The van der Waals surface area contributed by atoms with Crippen LogP contribution in [0.5, 0.6) is 5.75 Å². The van der Waals surface area contributed by atoms with Gasteiger partial charge in [-0.15, -0.1) is 17.5 Å². The van der Waals surface area contributed by atoms with Gasteiger partial charge >= 0.3 is 0 Å². The van der Waals surface area contributed by atoms with Crippen LogP contribution in [0.1, 0.15) is 27.5 Å². The molecular formula is C25H20Cl2FN5O2. The van der Waals surface area contributed by atoms with Crippen molar-refractivity contribution in [2.45, 2.75) is 6.04 Å². The molecule has 178 valence electrons. The van der Waals surface area contributed by atoms with Gasteiger partial charge in [0, 0.05) is 16.3 Å². The van der Waals surface area contributed by atoms with E-state index in [9.17, 15) is 9.18 Å². The van der Waals surface area contributed by atoms with E-state index in [0.29, 0.717) is 22.3 Å². The van der Waals surface area contributed by atoms with E-state index >= 15 is 0 Å². The molecule has 0 aliphatic carbocycles. The number of ether oxygens (including phenoxy) is 1. The smallest absolute Gasteiger partial charge is 0.258 e. The quantitative estimate of drug-likeness (QED) is 0.353. The zero-order valence-electron chi connectivity index (χ0n) is 18.4. The number of hydrogen-bond donors (Lipinski definition) is 2. The lowest BCUT2D eigenvalue weighted by atomic mass is 10.0. The summed E-state index contributed by atoms with van der Waals surface area (Å²) in [6, 6.07) is 19.9. The summed E-state index contributed by atoms with van der Waals surface area (Å²) in [6.07, 6.45) is 1.97. The molecule has 2 N–H and O–H groups in total. The van der Waals surface area contributed by atoms with Gasteiger partial charge in [-0.3, -0.25) is 10.1 Å². The number of anilines is 2. The standard InChI is InChI=1S/C25H19ClFN5O2.ClH/c1-34-20-12-6-17(7-13-20)23(33)29-24-30-25-28-21(15-2-8-18(26)9-3-15)14-22(32(25)31-24)16-4-10-19(27)11-5-16;/h2-14,22H,1H3,(H2,28,29,30,31,33);1H. The van der Waals surface area contributed by atoms with E-state index in [2.05, 4.69) is 20.7 Å². The first-order chi connectivity index (χ1) is 16.5. The van der Waals surface area contributed by atoms with Crippen LogP contribution < -0.4 is 15.4 Å². The molecule has 1 unspecified atom stereocenters. The van der Waals surface area contributed by atoms with E-state index in [-0.39, 0.29) is 36.1 Å². The van der Waals surface area contributed by atoms with Gasteiger partial charge < -0.3 is 10.1 Å². The first-order valence-corrected chi connectivity index (χ1v) is 10.8. The van der Waals surface area contributed by atoms with Gasteiger partial charge in [0.2, 0.25) is 5.95 Å². The highest BCUT2D eigenvalue weighted by Gasteiger charge is 2.26. The maximum absolute atomic E-state index is 13.6. The lowest BCUT2D eigenvalue weighted by Gasteiger charge is -2.24. The van der Waals surface area contributed by atoms with Crippen molar-refractivity contribution in [1.29, 1.82) is 0 Å². The number of allylic oxidation sites excluding steroid dienone is 1. The molecule has 0 bridgehead atoms. The van der Waals surface area contributed by atoms with Gasteiger partial charge in [-0.25, -0.2) is 9.07 Å². The first kappa shape index (κ1) is 24.3. The molecule has 7 nitrogen and oxygen atoms in total. The van der Waals surface area contributed by atoms with Crippen molar-refractivity contribution in [1.82, 2.24) is 14.8 Å². The predicted molar refractivity (Wildman–Crippen MR) is 136 cm³/mol. The molecule has 3 aromatic carbocycles. The van der Waals surface area contributed by atoms with Crippen molar-refractivity contribution in [3.8, 4) is 5.75 Å². The Bertz CT molecular complexity index is 1370. The van der Waals surface area contributed by atoms with Gasteiger partial charge in [0.25, 0.3) is 11.9 Å². The Kier molecular flexibility index (Phi) is 7.04. The third kappa shape index (κ3) is 5.13. The number of fused-ring (bicyclic) bond motifs is 1. The fourth-order valence-electron chi connectivity index (χ4n) is 3.66. The highest BCUT2D eigenvalue weighted by atomic mass is 35.5. The van der Waals surface area contributed by atoms with Gasteiger partial charge in [0.15, 0.2) is 0 Å². The van der Waals surface area contributed by atoms with Crippen LogP contribution in [0.4, 0.5) is 16.3 Å². The number of carbonyl (C=O) groups is 1. The van der Waals surface area contributed by atoms with Crippen molar-refractivity contribution >= 4 is 47.5 Å². The molecule has 5 rings (SSSR count). The number of carbonyl (C=O) groups excluding carboxylic acids is 1. The normalized spacial score (nSPS) is 14.1. The van der Waals surface area contributed by atoms with Crippen molar-refractivity contribution in [3.05, 3.63) is 106 Å². The zero-order chi connectivity index (χ0) is 23.7. The second-order valence-electron chi connectivity index (χ2n) is 7.59. The molecule has 1 amide bonds. The number of hydrogen-bond acceptors (Lipinski definition) is 5. The number of methoxy groups -OCH3 is 1. The summed E-state index contributed by atoms with van der Waals surface area (Å²) >= 11 is 6.04. The highest BCUT2D eigenvalue weighted by molar-refractivity contribution is 6.30. The fourth-order valence-corrected chi connectivity index (χ4v) is 3.78. The van der Waals surface area contributed by atoms with Crippen LogP contribution in [0.3, 0.4) is 0 Å². The first-order valence-electron chi connectivity index (χ1n) is 10.4. The molecule has 10 heteroatoms. The largest absolute Gasteiger partial charge is 0.497 e. The number of amides is 1. The average Bonchev–Trinajstić information content (AvgIpc) is 3.27. The SMILES string of the molecule is COc1ccc(C(=O)Nc2nc3n(n2)C(c2ccc(F)cc2)C=C(c2ccc(Cl)cc2)N3)cc1.Cl. The monoisotopic (exact) mass is 511 g/mol. The van der Waals surface area contributed by atoms with Gasteiger partial charge in [-0.1, -0.05) is 35.9 Å². The van der Waals surface area contributed by atoms with Gasteiger partial charge in [0.05, 0.1) is 7.11 Å². The number of aromatic nitrogens is 3. The maximum Gasteiger partial charge on any atom is 0.258 e. The maximum atomic E-state index is 13.6. The van der Waals surface area contributed by atoms with E-state index in [1.807, 2.05) is 18.2 Å². The molecule has 35 heavy (non-hydrogen) atoms. The van der Waals surface area contributed by atoms with Gasteiger partial charge in [-0.05, 0) is 65.7 Å². The molecule has 1 atom stereocenters. The lowest BCUT2D eigenvalue weighted by molar-refractivity contribution is 0.102. The van der Waals surface area contributed by atoms with Crippen molar-refractivity contribution in [2.75, 3.05) is 17.7 Å². The minimum absolute atomic E-state index is 0. The third-order valence-electron chi connectivity index (χ3n) is 5.41. The van der Waals surface area contributed by atoms with Crippen LogP contribution in [0.25, 0.3) is 5.70 Å². The van der Waals surface area contributed by atoms with E-state index in [4.69, 9.17) is 16.3 Å². The Morgan fingerprint density at radius 2 is 1.74 bits per heavy atom. The molecular weight excluding hydrogens is 492 g/mol. The minimum Gasteiger partial charge on any atom is -0.497 e. The van der Waals surface area contributed by atoms with Crippen LogP contribution >= 0.6 is 24.0 Å². The summed E-state index contributed by atoms with van der Waals surface area (Å²) in [5, 5.41) is 11.1. The summed E-state index contributed by atoms with van der Waals surface area (Å²) in [7, 11) is 1.56. The number of nitrogens with one attached hydrogen (secondary N) is 2. The lowest BCUT2D eigenvalue weighted by Crippen LogP contribution is -2.20. The molecule has 4 aromatic rings. The highest BCUT2D eigenvalue weighted by Crippen LogP contribution is 2.33. The molecule has 0 spiro atoms. The summed E-state index contributed by atoms with van der Waals surface area (Å²) in [5.74, 6) is 0.549. The number of nitrogens with zero attached hydrogens (tertiary/aromatic N) is 3. The van der Waals surface area contributed by atoms with E-state index < -0.39 is 0 Å². The summed E-state index contributed by atoms with van der Waals surface area (Å²) in [5.41, 5.74) is 2.94. The van der Waals surface area contributed by atoms with Crippen molar-refractivity contribution < 1.29 is 13.9 Å². The van der Waals surface area contributed by atoms with Crippen LogP contribution in [0, 0.1) is 5.82 Å². The van der Waals surface area contributed by atoms with Gasteiger partial charge in [0.1, 0.15) is 17.6 Å². The second-order valence-corrected chi connectivity index (χ2v) is 8.03.